The Kier molecular flexibility index (Phi) is 5.43. The van der Waals surface area contributed by atoms with E-state index in [-0.39, 0.29) is 0 Å². The third-order valence-corrected chi connectivity index (χ3v) is 5.00. The molecule has 1 atom stereocenters. The van der Waals surface area contributed by atoms with Crippen molar-refractivity contribution in [2.24, 2.45) is 0 Å². The summed E-state index contributed by atoms with van der Waals surface area (Å²) in [5, 5.41) is 6.70. The van der Waals surface area contributed by atoms with Crippen molar-refractivity contribution in [1.29, 1.82) is 0 Å². The fourth-order valence-corrected chi connectivity index (χ4v) is 3.46. The fourth-order valence-electron chi connectivity index (χ4n) is 1.83. The molecule has 1 aromatic carbocycles. The summed E-state index contributed by atoms with van der Waals surface area (Å²) in [6.45, 7) is 4.18. The van der Waals surface area contributed by atoms with Gasteiger partial charge in [0.05, 0.1) is 10.7 Å². The summed E-state index contributed by atoms with van der Waals surface area (Å²) >= 11 is 3.63. The molecule has 0 saturated carbocycles. The maximum Gasteiger partial charge on any atom is 0.0897 e. The molecule has 1 N–H and O–H groups in total. The van der Waals surface area contributed by atoms with Gasteiger partial charge in [0, 0.05) is 28.5 Å². The Morgan fingerprint density at radius 1 is 1.26 bits per heavy atom. The number of thiazole rings is 1. The molecule has 0 aliphatic heterocycles. The first-order valence-electron chi connectivity index (χ1n) is 6.45. The van der Waals surface area contributed by atoms with E-state index in [2.05, 4.69) is 53.8 Å². The van der Waals surface area contributed by atoms with Crippen molar-refractivity contribution >= 4 is 23.1 Å². The molecule has 2 rings (SSSR count). The zero-order chi connectivity index (χ0) is 13.7. The fraction of sp³-hybridized carbons (Fsp3) is 0.400. The van der Waals surface area contributed by atoms with Crippen LogP contribution in [-0.4, -0.2) is 23.8 Å². The molecular weight excluding hydrogens is 272 g/mol. The van der Waals surface area contributed by atoms with Crippen molar-refractivity contribution in [3.8, 4) is 0 Å². The van der Waals surface area contributed by atoms with Crippen LogP contribution in [0.3, 0.4) is 0 Å². The Hall–Kier alpha value is -0.840. The van der Waals surface area contributed by atoms with Crippen LogP contribution in [0.25, 0.3) is 0 Å². The van der Waals surface area contributed by atoms with Crippen LogP contribution in [-0.2, 0) is 6.42 Å². The van der Waals surface area contributed by atoms with E-state index in [9.17, 15) is 0 Å². The van der Waals surface area contributed by atoms with Crippen LogP contribution in [0.5, 0.6) is 0 Å². The summed E-state index contributed by atoms with van der Waals surface area (Å²) in [6.07, 6.45) is 1.000. The first kappa shape index (κ1) is 14.6. The van der Waals surface area contributed by atoms with Crippen LogP contribution >= 0.6 is 23.1 Å². The van der Waals surface area contributed by atoms with Crippen LogP contribution < -0.4 is 5.32 Å². The summed E-state index contributed by atoms with van der Waals surface area (Å²) in [5.74, 6) is 1.07. The van der Waals surface area contributed by atoms with E-state index < -0.39 is 0 Å². The monoisotopic (exact) mass is 292 g/mol. The van der Waals surface area contributed by atoms with Gasteiger partial charge in [-0.15, -0.1) is 23.1 Å². The van der Waals surface area contributed by atoms with E-state index in [0.717, 1.165) is 17.2 Å². The van der Waals surface area contributed by atoms with Crippen molar-refractivity contribution in [3.63, 3.8) is 0 Å². The Morgan fingerprint density at radius 3 is 2.58 bits per heavy atom. The highest BCUT2D eigenvalue weighted by Crippen LogP contribution is 2.20. The topological polar surface area (TPSA) is 24.9 Å². The molecule has 1 aromatic heterocycles. The number of hydrogen-bond donors (Lipinski definition) is 1. The third kappa shape index (κ3) is 4.64. The highest BCUT2D eigenvalue weighted by atomic mass is 32.2. The first-order chi connectivity index (χ1) is 9.17. The lowest BCUT2D eigenvalue weighted by molar-refractivity contribution is 0.610. The minimum Gasteiger partial charge on any atom is -0.316 e. The summed E-state index contributed by atoms with van der Waals surface area (Å²) in [7, 11) is 2.03. The molecule has 1 heterocycles. The van der Waals surface area contributed by atoms with Crippen LogP contribution in [0.4, 0.5) is 0 Å². The molecule has 1 unspecified atom stereocenters. The Morgan fingerprint density at radius 2 is 2.00 bits per heavy atom. The average molecular weight is 292 g/mol. The number of likely N-dealkylation sites (N-methyl/N-ethyl adjacent to an activating group) is 1. The number of aryl methyl sites for hydroxylation is 2. The molecule has 0 aliphatic rings. The zero-order valence-electron chi connectivity index (χ0n) is 11.6. The van der Waals surface area contributed by atoms with E-state index in [1.165, 1.54) is 16.2 Å². The zero-order valence-corrected chi connectivity index (χ0v) is 13.3. The molecule has 0 bridgehead atoms. The molecule has 2 nitrogen and oxygen atoms in total. The summed E-state index contributed by atoms with van der Waals surface area (Å²) in [6, 6.07) is 9.19. The lowest BCUT2D eigenvalue weighted by atomic mass is 10.2. The van der Waals surface area contributed by atoms with Gasteiger partial charge in [-0.2, -0.15) is 0 Å². The molecule has 0 aliphatic carbocycles. The predicted octanol–water partition coefficient (Wildman–Crippen LogP) is 3.68. The summed E-state index contributed by atoms with van der Waals surface area (Å²) in [4.78, 5) is 5.87. The molecule has 19 heavy (non-hydrogen) atoms. The minimum atomic E-state index is 0.466. The summed E-state index contributed by atoms with van der Waals surface area (Å²) in [5.41, 5.74) is 2.51. The number of nitrogens with one attached hydrogen (secondary N) is 1. The van der Waals surface area contributed by atoms with Gasteiger partial charge in [-0.25, -0.2) is 4.98 Å². The van der Waals surface area contributed by atoms with Crippen molar-refractivity contribution in [1.82, 2.24) is 10.3 Å². The van der Waals surface area contributed by atoms with Gasteiger partial charge in [0.15, 0.2) is 0 Å². The van der Waals surface area contributed by atoms with Crippen LogP contribution in [0.1, 0.15) is 16.3 Å². The maximum atomic E-state index is 4.53. The Labute approximate surface area is 123 Å². The highest BCUT2D eigenvalue weighted by molar-refractivity contribution is 7.99. The van der Waals surface area contributed by atoms with Gasteiger partial charge in [0.1, 0.15) is 0 Å². The quantitative estimate of drug-likeness (QED) is 0.822. The number of benzene rings is 1. The van der Waals surface area contributed by atoms with E-state index >= 15 is 0 Å². The number of aromatic nitrogens is 1. The number of nitrogens with zero attached hydrogens (tertiary/aromatic N) is 1. The number of rotatable bonds is 6. The van der Waals surface area contributed by atoms with Crippen molar-refractivity contribution in [3.05, 3.63) is 45.9 Å². The third-order valence-electron chi connectivity index (χ3n) is 3.00. The first-order valence-corrected chi connectivity index (χ1v) is 8.31. The van der Waals surface area contributed by atoms with Gasteiger partial charge in [-0.3, -0.25) is 0 Å². The predicted molar refractivity (Wildman–Crippen MR) is 85.3 cm³/mol. The highest BCUT2D eigenvalue weighted by Gasteiger charge is 2.10. The second-order valence-electron chi connectivity index (χ2n) is 4.67. The van der Waals surface area contributed by atoms with Crippen LogP contribution in [0.2, 0.25) is 0 Å². The van der Waals surface area contributed by atoms with Gasteiger partial charge in [0.2, 0.25) is 0 Å². The van der Waals surface area contributed by atoms with E-state index in [1.807, 2.05) is 18.8 Å². The molecule has 0 radical (unpaired) electrons. The Bertz CT molecular complexity index is 505. The number of hydrogen-bond acceptors (Lipinski definition) is 4. The van der Waals surface area contributed by atoms with Crippen LogP contribution in [0.15, 0.2) is 34.5 Å². The van der Waals surface area contributed by atoms with Gasteiger partial charge in [-0.05, 0) is 33.0 Å². The second-order valence-corrected chi connectivity index (χ2v) is 6.83. The molecular formula is C15H20N2S2. The standard InChI is InChI=1S/C15H20N2S2/c1-11-4-6-15(7-5-11)19-9-13(16-3)8-14-10-18-12(2)17-14/h4-7,10,13,16H,8-9H2,1-3H3. The molecule has 0 spiro atoms. The SMILES string of the molecule is CNC(CSc1ccc(C)cc1)Cc1csc(C)n1. The van der Waals surface area contributed by atoms with Gasteiger partial charge < -0.3 is 5.32 Å². The lowest BCUT2D eigenvalue weighted by Gasteiger charge is -2.14. The molecule has 4 heteroatoms. The van der Waals surface area contributed by atoms with Gasteiger partial charge >= 0.3 is 0 Å². The second kappa shape index (κ2) is 7.08. The van der Waals surface area contributed by atoms with E-state index in [1.54, 1.807) is 11.3 Å². The van der Waals surface area contributed by atoms with Gasteiger partial charge in [-0.1, -0.05) is 17.7 Å². The van der Waals surface area contributed by atoms with E-state index in [4.69, 9.17) is 0 Å². The normalized spacial score (nSPS) is 12.6. The molecule has 0 saturated heterocycles. The van der Waals surface area contributed by atoms with Crippen LogP contribution in [0, 0.1) is 13.8 Å². The van der Waals surface area contributed by atoms with Crippen molar-refractivity contribution < 1.29 is 0 Å². The molecule has 0 amide bonds. The molecule has 0 fully saturated rings. The molecule has 102 valence electrons. The largest absolute Gasteiger partial charge is 0.316 e. The molecule has 2 aromatic rings. The average Bonchev–Trinajstić information content (AvgIpc) is 2.82. The van der Waals surface area contributed by atoms with E-state index in [0.29, 0.717) is 6.04 Å². The van der Waals surface area contributed by atoms with Crippen molar-refractivity contribution in [2.45, 2.75) is 31.2 Å². The summed E-state index contributed by atoms with van der Waals surface area (Å²) < 4.78 is 0. The number of thioether (sulfide) groups is 1. The minimum absolute atomic E-state index is 0.466. The van der Waals surface area contributed by atoms with Gasteiger partial charge in [0.25, 0.3) is 0 Å². The van der Waals surface area contributed by atoms with Crippen molar-refractivity contribution in [2.75, 3.05) is 12.8 Å². The lowest BCUT2D eigenvalue weighted by Crippen LogP contribution is -2.30. The maximum absolute atomic E-state index is 4.53. The smallest absolute Gasteiger partial charge is 0.0897 e. The Balaban J connectivity index is 1.87.